The molecule has 0 spiro atoms. The molecule has 0 unspecified atom stereocenters. The molecular formula is C20H14F2O. The molecule has 0 atom stereocenters. The molecule has 114 valence electrons. The summed E-state index contributed by atoms with van der Waals surface area (Å²) in [6, 6.07) is 19.3. The van der Waals surface area contributed by atoms with E-state index in [0.717, 1.165) is 11.1 Å². The fraction of sp³-hybridized carbons (Fsp3) is 0.0500. The van der Waals surface area contributed by atoms with Gasteiger partial charge in [0.15, 0.2) is 5.78 Å². The van der Waals surface area contributed by atoms with Gasteiger partial charge in [-0.3, -0.25) is 4.79 Å². The summed E-state index contributed by atoms with van der Waals surface area (Å²) >= 11 is 0. The van der Waals surface area contributed by atoms with E-state index in [2.05, 4.69) is 0 Å². The van der Waals surface area contributed by atoms with Gasteiger partial charge in [0.1, 0.15) is 11.6 Å². The van der Waals surface area contributed by atoms with Crippen molar-refractivity contribution in [2.24, 2.45) is 0 Å². The van der Waals surface area contributed by atoms with Crippen LogP contribution in [0.25, 0.3) is 11.1 Å². The molecule has 0 bridgehead atoms. The molecule has 3 rings (SSSR count). The minimum atomic E-state index is -0.365. The molecule has 3 aromatic carbocycles. The van der Waals surface area contributed by atoms with E-state index in [1.165, 1.54) is 30.3 Å². The number of hydrogen-bond acceptors (Lipinski definition) is 1. The zero-order chi connectivity index (χ0) is 16.2. The third-order valence-corrected chi connectivity index (χ3v) is 3.67. The molecule has 0 aliphatic carbocycles. The Morgan fingerprint density at radius 3 is 2.09 bits per heavy atom. The highest BCUT2D eigenvalue weighted by Crippen LogP contribution is 2.23. The van der Waals surface area contributed by atoms with Gasteiger partial charge < -0.3 is 0 Å². The normalized spacial score (nSPS) is 10.5. The van der Waals surface area contributed by atoms with Crippen LogP contribution in [0.15, 0.2) is 72.8 Å². The summed E-state index contributed by atoms with van der Waals surface area (Å²) < 4.78 is 26.6. The van der Waals surface area contributed by atoms with Crippen molar-refractivity contribution in [3.8, 4) is 11.1 Å². The lowest BCUT2D eigenvalue weighted by Gasteiger charge is -2.06. The average molecular weight is 308 g/mol. The molecule has 0 aromatic heterocycles. The van der Waals surface area contributed by atoms with E-state index >= 15 is 0 Å². The second-order valence-corrected chi connectivity index (χ2v) is 5.28. The summed E-state index contributed by atoms with van der Waals surface area (Å²) in [5.74, 6) is -0.720. The van der Waals surface area contributed by atoms with Gasteiger partial charge in [0, 0.05) is 17.5 Å². The Kier molecular flexibility index (Phi) is 4.29. The first-order chi connectivity index (χ1) is 11.1. The van der Waals surface area contributed by atoms with Gasteiger partial charge in [-0.25, -0.2) is 8.78 Å². The fourth-order valence-electron chi connectivity index (χ4n) is 2.42. The number of rotatable bonds is 4. The lowest BCUT2D eigenvalue weighted by molar-refractivity contribution is 0.0993. The van der Waals surface area contributed by atoms with Gasteiger partial charge >= 0.3 is 0 Å². The first-order valence-corrected chi connectivity index (χ1v) is 7.26. The predicted molar refractivity (Wildman–Crippen MR) is 86.3 cm³/mol. The molecule has 0 aliphatic heterocycles. The molecule has 3 aromatic rings. The van der Waals surface area contributed by atoms with Crippen LogP contribution >= 0.6 is 0 Å². The smallest absolute Gasteiger partial charge is 0.167 e. The first kappa shape index (κ1) is 15.1. The maximum Gasteiger partial charge on any atom is 0.167 e. The SMILES string of the molecule is O=C(Cc1ccc(-c2ccccc2F)cc1)c1ccc(F)cc1. The molecule has 3 heteroatoms. The van der Waals surface area contributed by atoms with Gasteiger partial charge in [-0.1, -0.05) is 42.5 Å². The number of benzene rings is 3. The van der Waals surface area contributed by atoms with Crippen LogP contribution in [-0.2, 0) is 6.42 Å². The zero-order valence-electron chi connectivity index (χ0n) is 12.3. The summed E-state index contributed by atoms with van der Waals surface area (Å²) in [5.41, 5.74) is 2.61. The fourth-order valence-corrected chi connectivity index (χ4v) is 2.42. The van der Waals surface area contributed by atoms with Crippen LogP contribution < -0.4 is 0 Å². The van der Waals surface area contributed by atoms with Crippen molar-refractivity contribution in [2.45, 2.75) is 6.42 Å². The summed E-state index contributed by atoms with van der Waals surface area (Å²) in [7, 11) is 0. The number of carbonyl (C=O) groups is 1. The molecule has 0 heterocycles. The number of Topliss-reactive ketones (excluding diaryl/α,β-unsaturated/α-hetero) is 1. The monoisotopic (exact) mass is 308 g/mol. The minimum absolute atomic E-state index is 0.0800. The molecule has 23 heavy (non-hydrogen) atoms. The third kappa shape index (κ3) is 3.51. The molecule has 0 saturated carbocycles. The molecular weight excluding hydrogens is 294 g/mol. The van der Waals surface area contributed by atoms with E-state index in [4.69, 9.17) is 0 Å². The van der Waals surface area contributed by atoms with E-state index < -0.39 is 0 Å². The maximum atomic E-state index is 13.8. The van der Waals surface area contributed by atoms with Crippen molar-refractivity contribution in [2.75, 3.05) is 0 Å². The van der Waals surface area contributed by atoms with Crippen molar-refractivity contribution < 1.29 is 13.6 Å². The van der Waals surface area contributed by atoms with E-state index in [9.17, 15) is 13.6 Å². The summed E-state index contributed by atoms with van der Waals surface area (Å²) in [6.07, 6.45) is 0.225. The Morgan fingerprint density at radius 2 is 1.43 bits per heavy atom. The van der Waals surface area contributed by atoms with E-state index in [0.29, 0.717) is 11.1 Å². The zero-order valence-corrected chi connectivity index (χ0v) is 12.3. The van der Waals surface area contributed by atoms with E-state index in [1.807, 2.05) is 12.1 Å². The second kappa shape index (κ2) is 6.53. The van der Waals surface area contributed by atoms with Crippen molar-refractivity contribution in [1.29, 1.82) is 0 Å². The topological polar surface area (TPSA) is 17.1 Å². The van der Waals surface area contributed by atoms with Crippen molar-refractivity contribution >= 4 is 5.78 Å². The second-order valence-electron chi connectivity index (χ2n) is 5.28. The Bertz CT molecular complexity index is 821. The Labute approximate surface area is 133 Å². The van der Waals surface area contributed by atoms with Gasteiger partial charge in [0.05, 0.1) is 0 Å². The standard InChI is InChI=1S/C20H14F2O/c21-17-11-9-16(10-12-17)20(23)13-14-5-7-15(8-6-14)18-3-1-2-4-19(18)22/h1-12H,13H2. The lowest BCUT2D eigenvalue weighted by Crippen LogP contribution is -2.03. The van der Waals surface area contributed by atoms with Crippen LogP contribution in [-0.4, -0.2) is 5.78 Å². The van der Waals surface area contributed by atoms with Crippen LogP contribution in [0.5, 0.6) is 0 Å². The van der Waals surface area contributed by atoms with Crippen LogP contribution in [0.4, 0.5) is 8.78 Å². The van der Waals surface area contributed by atoms with Gasteiger partial charge in [-0.05, 0) is 41.5 Å². The van der Waals surface area contributed by atoms with Crippen LogP contribution in [0, 0.1) is 11.6 Å². The summed E-state index contributed by atoms with van der Waals surface area (Å²) in [5, 5.41) is 0. The molecule has 0 fully saturated rings. The number of hydrogen-bond donors (Lipinski definition) is 0. The van der Waals surface area contributed by atoms with Crippen LogP contribution in [0.1, 0.15) is 15.9 Å². The minimum Gasteiger partial charge on any atom is -0.294 e. The molecule has 0 N–H and O–H groups in total. The van der Waals surface area contributed by atoms with Crippen LogP contribution in [0.2, 0.25) is 0 Å². The molecule has 0 aliphatic rings. The third-order valence-electron chi connectivity index (χ3n) is 3.67. The van der Waals surface area contributed by atoms with Gasteiger partial charge in [-0.2, -0.15) is 0 Å². The van der Waals surface area contributed by atoms with E-state index in [-0.39, 0.29) is 23.8 Å². The summed E-state index contributed by atoms with van der Waals surface area (Å²) in [6.45, 7) is 0. The quantitative estimate of drug-likeness (QED) is 0.616. The average Bonchev–Trinajstić information content (AvgIpc) is 2.57. The molecule has 0 amide bonds. The van der Waals surface area contributed by atoms with Crippen molar-refractivity contribution in [3.05, 3.63) is 95.6 Å². The number of halogens is 2. The van der Waals surface area contributed by atoms with Gasteiger partial charge in [-0.15, -0.1) is 0 Å². The maximum absolute atomic E-state index is 13.8. The highest BCUT2D eigenvalue weighted by atomic mass is 19.1. The Hall–Kier alpha value is -2.81. The highest BCUT2D eigenvalue weighted by molar-refractivity contribution is 5.97. The van der Waals surface area contributed by atoms with Crippen molar-refractivity contribution in [3.63, 3.8) is 0 Å². The number of ketones is 1. The van der Waals surface area contributed by atoms with Crippen LogP contribution in [0.3, 0.4) is 0 Å². The Balaban J connectivity index is 1.76. The van der Waals surface area contributed by atoms with Crippen molar-refractivity contribution in [1.82, 2.24) is 0 Å². The Morgan fingerprint density at radius 1 is 0.783 bits per heavy atom. The molecule has 0 saturated heterocycles. The molecule has 1 nitrogen and oxygen atoms in total. The van der Waals surface area contributed by atoms with Gasteiger partial charge in [0.2, 0.25) is 0 Å². The first-order valence-electron chi connectivity index (χ1n) is 7.26. The predicted octanol–water partition coefficient (Wildman–Crippen LogP) is 5.06. The van der Waals surface area contributed by atoms with E-state index in [1.54, 1.807) is 30.3 Å². The highest BCUT2D eigenvalue weighted by Gasteiger charge is 2.08. The molecule has 0 radical (unpaired) electrons. The number of carbonyl (C=O) groups excluding carboxylic acids is 1. The lowest BCUT2D eigenvalue weighted by atomic mass is 9.99. The van der Waals surface area contributed by atoms with Gasteiger partial charge in [0.25, 0.3) is 0 Å². The largest absolute Gasteiger partial charge is 0.294 e. The summed E-state index contributed by atoms with van der Waals surface area (Å²) in [4.78, 5) is 12.2.